The van der Waals surface area contributed by atoms with E-state index < -0.39 is 9.20 Å². The van der Waals surface area contributed by atoms with Gasteiger partial charge >= 0.3 is 0 Å². The molecule has 0 spiro atoms. The maximum absolute atomic E-state index is 5.67. The minimum absolute atomic E-state index is 0.828. The van der Waals surface area contributed by atoms with Crippen molar-refractivity contribution in [2.75, 3.05) is 0 Å². The molecule has 0 saturated heterocycles. The Morgan fingerprint density at radius 2 is 2.22 bits per heavy atom. The van der Waals surface area contributed by atoms with E-state index in [4.69, 9.17) is 9.51 Å². The normalized spacial score (nSPS) is 14.0. The molecule has 0 radical (unpaired) electrons. The second-order valence-corrected chi connectivity index (χ2v) is 5.81. The first kappa shape index (κ1) is 9.35. The molecule has 0 fully saturated rings. The molecular weight excluding hydrogens is 146 g/mol. The van der Waals surface area contributed by atoms with Gasteiger partial charge in [-0.15, -0.1) is 0 Å². The van der Waals surface area contributed by atoms with Crippen molar-refractivity contribution >= 4 is 19.7 Å². The first-order valence-corrected chi connectivity index (χ1v) is 6.36. The van der Waals surface area contributed by atoms with E-state index >= 15 is 0 Å². The van der Waals surface area contributed by atoms with Crippen molar-refractivity contribution in [3.8, 4) is 0 Å². The summed E-state index contributed by atoms with van der Waals surface area (Å²) in [5, 5.41) is 5.67. The Hall–Kier alpha value is 0.354. The molecule has 4 heteroatoms. The quantitative estimate of drug-likeness (QED) is 0.444. The van der Waals surface area contributed by atoms with Gasteiger partial charge in [0.1, 0.15) is 10.5 Å². The third-order valence-corrected chi connectivity index (χ3v) is 4.79. The molecule has 0 aromatic carbocycles. The zero-order chi connectivity index (χ0) is 7.11. The largest absolute Gasteiger partial charge is 0.455 e. The molecule has 0 bridgehead atoms. The number of hydrogen-bond donors (Lipinski definition) is 1. The van der Waals surface area contributed by atoms with Crippen LogP contribution in [0.3, 0.4) is 0 Å². The fraction of sp³-hybridized carbons (Fsp3) is 1.00. The van der Waals surface area contributed by atoms with Crippen molar-refractivity contribution in [3.63, 3.8) is 0 Å². The highest BCUT2D eigenvalue weighted by atomic mass is 28.3. The van der Waals surface area contributed by atoms with Crippen LogP contribution >= 0.6 is 0 Å². The Kier molecular flexibility index (Phi) is 6.73. The van der Waals surface area contributed by atoms with Crippen LogP contribution in [0.1, 0.15) is 26.2 Å². The molecular formula is C5H17NOSi2. The van der Waals surface area contributed by atoms with Gasteiger partial charge in [0, 0.05) is 0 Å². The molecule has 0 aliphatic heterocycles. The summed E-state index contributed by atoms with van der Waals surface area (Å²) in [4.78, 5) is 0. The van der Waals surface area contributed by atoms with Gasteiger partial charge in [-0.1, -0.05) is 26.2 Å². The van der Waals surface area contributed by atoms with Crippen LogP contribution in [0.2, 0.25) is 6.04 Å². The van der Waals surface area contributed by atoms with Gasteiger partial charge in [-0.2, -0.15) is 0 Å². The summed E-state index contributed by atoms with van der Waals surface area (Å²) >= 11 is 0. The van der Waals surface area contributed by atoms with Crippen molar-refractivity contribution < 1.29 is 4.12 Å². The van der Waals surface area contributed by atoms with Crippen LogP contribution in [0.5, 0.6) is 0 Å². The Bertz CT molecular complexity index is 62.9. The first-order chi connectivity index (χ1) is 4.31. The summed E-state index contributed by atoms with van der Waals surface area (Å²) in [6, 6.07) is 1.16. The second-order valence-electron chi connectivity index (χ2n) is 2.27. The van der Waals surface area contributed by atoms with Crippen LogP contribution in [0.4, 0.5) is 0 Å². The molecule has 9 heavy (non-hydrogen) atoms. The van der Waals surface area contributed by atoms with Crippen LogP contribution in [0.15, 0.2) is 0 Å². The zero-order valence-corrected chi connectivity index (χ0v) is 9.55. The Morgan fingerprint density at radius 3 is 2.67 bits per heavy atom. The van der Waals surface area contributed by atoms with Crippen molar-refractivity contribution in [1.82, 2.24) is 0 Å². The topological polar surface area (TPSA) is 35.2 Å². The van der Waals surface area contributed by atoms with E-state index in [1.165, 1.54) is 19.3 Å². The van der Waals surface area contributed by atoms with Crippen LogP contribution in [-0.2, 0) is 4.12 Å². The van der Waals surface area contributed by atoms with Gasteiger partial charge in [0.15, 0.2) is 0 Å². The van der Waals surface area contributed by atoms with E-state index in [1.54, 1.807) is 0 Å². The number of hydrogen-bond acceptors (Lipinski definition) is 2. The van der Waals surface area contributed by atoms with Gasteiger partial charge in [-0.3, -0.25) is 0 Å². The average Bonchev–Trinajstić information content (AvgIpc) is 1.89. The van der Waals surface area contributed by atoms with E-state index in [0.717, 1.165) is 16.5 Å². The standard InChI is InChI=1S/C5H17NOSi2/c1-2-3-4-5-9(6)7-8/h9H,2-6H2,1,8H3. The highest BCUT2D eigenvalue weighted by molar-refractivity contribution is 6.52. The number of rotatable bonds is 5. The summed E-state index contributed by atoms with van der Waals surface area (Å²) in [7, 11) is -0.323. The summed E-state index contributed by atoms with van der Waals surface area (Å²) < 4.78 is 5.15. The number of nitrogens with two attached hydrogens (primary N) is 1. The molecule has 0 rings (SSSR count). The Balaban J connectivity index is 2.88. The maximum Gasteiger partial charge on any atom is 0.238 e. The Labute approximate surface area is 62.1 Å². The predicted octanol–water partition coefficient (Wildman–Crippen LogP) is -0.347. The molecule has 0 heterocycles. The summed E-state index contributed by atoms with van der Waals surface area (Å²) in [5.74, 6) is 0. The fourth-order valence-electron chi connectivity index (χ4n) is 0.713. The predicted molar refractivity (Wildman–Crippen MR) is 46.7 cm³/mol. The molecule has 0 aliphatic carbocycles. The number of unbranched alkanes of at least 4 members (excludes halogenated alkanes) is 2. The third-order valence-electron chi connectivity index (χ3n) is 1.39. The van der Waals surface area contributed by atoms with E-state index in [2.05, 4.69) is 6.92 Å². The summed E-state index contributed by atoms with van der Waals surface area (Å²) in [6.45, 7) is 2.20. The van der Waals surface area contributed by atoms with Crippen LogP contribution < -0.4 is 5.40 Å². The van der Waals surface area contributed by atoms with E-state index in [-0.39, 0.29) is 0 Å². The molecule has 1 unspecified atom stereocenters. The van der Waals surface area contributed by atoms with Gasteiger partial charge < -0.3 is 9.51 Å². The SMILES string of the molecule is CCCCC[SiH](N)O[SiH3]. The van der Waals surface area contributed by atoms with Gasteiger partial charge in [0.25, 0.3) is 0 Å². The molecule has 0 saturated carbocycles. The lowest BCUT2D eigenvalue weighted by molar-refractivity contribution is 0.615. The molecule has 0 aromatic heterocycles. The second kappa shape index (κ2) is 6.47. The first-order valence-electron chi connectivity index (χ1n) is 3.59. The third kappa shape index (κ3) is 6.24. The van der Waals surface area contributed by atoms with Crippen molar-refractivity contribution in [1.29, 1.82) is 0 Å². The van der Waals surface area contributed by atoms with Crippen molar-refractivity contribution in [2.45, 2.75) is 32.2 Å². The minimum Gasteiger partial charge on any atom is -0.455 e. The van der Waals surface area contributed by atoms with E-state index in [1.807, 2.05) is 0 Å². The van der Waals surface area contributed by atoms with Crippen LogP contribution in [0, 0.1) is 0 Å². The molecule has 2 nitrogen and oxygen atoms in total. The molecule has 2 N–H and O–H groups in total. The highest BCUT2D eigenvalue weighted by Gasteiger charge is 1.99. The zero-order valence-electron chi connectivity index (χ0n) is 6.39. The average molecular weight is 163 g/mol. The molecule has 0 aliphatic rings. The summed E-state index contributed by atoms with van der Waals surface area (Å²) in [6.07, 6.45) is 3.86. The molecule has 0 aromatic rings. The molecule has 0 amide bonds. The minimum atomic E-state index is -1.15. The lowest BCUT2D eigenvalue weighted by Crippen LogP contribution is -2.28. The highest BCUT2D eigenvalue weighted by Crippen LogP contribution is 2.00. The molecule has 1 atom stereocenters. The maximum atomic E-state index is 5.67. The lowest BCUT2D eigenvalue weighted by atomic mass is 10.3. The van der Waals surface area contributed by atoms with Gasteiger partial charge in [-0.25, -0.2) is 0 Å². The fourth-order valence-corrected chi connectivity index (χ4v) is 2.35. The van der Waals surface area contributed by atoms with Gasteiger partial charge in [0.2, 0.25) is 9.20 Å². The van der Waals surface area contributed by atoms with Gasteiger partial charge in [0.05, 0.1) is 0 Å². The van der Waals surface area contributed by atoms with Crippen LogP contribution in [0.25, 0.3) is 0 Å². The van der Waals surface area contributed by atoms with Crippen molar-refractivity contribution in [2.24, 2.45) is 5.40 Å². The monoisotopic (exact) mass is 163 g/mol. The summed E-state index contributed by atoms with van der Waals surface area (Å²) in [5.41, 5.74) is 0. The van der Waals surface area contributed by atoms with E-state index in [0.29, 0.717) is 0 Å². The smallest absolute Gasteiger partial charge is 0.238 e. The van der Waals surface area contributed by atoms with E-state index in [9.17, 15) is 0 Å². The van der Waals surface area contributed by atoms with Crippen LogP contribution in [-0.4, -0.2) is 19.7 Å². The molecule has 56 valence electrons. The Morgan fingerprint density at radius 1 is 1.56 bits per heavy atom. The van der Waals surface area contributed by atoms with Gasteiger partial charge in [-0.05, 0) is 6.04 Å². The lowest BCUT2D eigenvalue weighted by Gasteiger charge is -2.05. The van der Waals surface area contributed by atoms with Crippen molar-refractivity contribution in [3.05, 3.63) is 0 Å².